The zero-order valence-corrected chi connectivity index (χ0v) is 12.3. The van der Waals surface area contributed by atoms with Crippen molar-refractivity contribution in [3.63, 3.8) is 0 Å². The lowest BCUT2D eigenvalue weighted by Crippen LogP contribution is -2.52. The van der Waals surface area contributed by atoms with Crippen molar-refractivity contribution in [3.05, 3.63) is 33.6 Å². The van der Waals surface area contributed by atoms with Gasteiger partial charge in [-0.25, -0.2) is 8.42 Å². The predicted octanol–water partition coefficient (Wildman–Crippen LogP) is 0.585. The smallest absolute Gasteiger partial charge is 0.306 e. The summed E-state index contributed by atoms with van der Waals surface area (Å²) in [5.74, 6) is -2.05. The van der Waals surface area contributed by atoms with Crippen LogP contribution in [0.5, 0.6) is 0 Å². The van der Waals surface area contributed by atoms with E-state index in [1.54, 1.807) is 0 Å². The number of carbonyl (C=O) groups excluding carboxylic acids is 1. The molecule has 0 unspecified atom stereocenters. The number of nitrogens with two attached hydrogens (primary N) is 1. The van der Waals surface area contributed by atoms with Crippen LogP contribution < -0.4 is 10.5 Å². The summed E-state index contributed by atoms with van der Waals surface area (Å²) >= 11 is 0. The molecule has 0 spiro atoms. The van der Waals surface area contributed by atoms with Gasteiger partial charge in [-0.15, -0.1) is 0 Å². The van der Waals surface area contributed by atoms with Crippen molar-refractivity contribution in [1.82, 2.24) is 4.72 Å². The molecule has 21 heavy (non-hydrogen) atoms. The molecule has 1 aromatic carbocycles. The van der Waals surface area contributed by atoms with Crippen LogP contribution in [-0.4, -0.2) is 24.8 Å². The van der Waals surface area contributed by atoms with Crippen LogP contribution in [0.3, 0.4) is 0 Å². The Morgan fingerprint density at radius 1 is 1.43 bits per heavy atom. The summed E-state index contributed by atoms with van der Waals surface area (Å²) < 4.78 is 39.8. The van der Waals surface area contributed by atoms with Crippen LogP contribution in [0, 0.1) is 22.9 Å². The third kappa shape index (κ3) is 3.52. The fourth-order valence-corrected chi connectivity index (χ4v) is 2.94. The first-order valence-corrected chi connectivity index (χ1v) is 7.15. The van der Waals surface area contributed by atoms with Crippen LogP contribution in [0.15, 0.2) is 17.0 Å². The quantitative estimate of drug-likeness (QED) is 0.605. The number of nitrogens with zero attached hydrogens (tertiary/aromatic N) is 1. The zero-order chi connectivity index (χ0) is 16.6. The molecular weight excluding hydrogens is 305 g/mol. The molecule has 0 radical (unpaired) electrons. The van der Waals surface area contributed by atoms with Gasteiger partial charge in [-0.05, 0) is 32.4 Å². The normalized spacial score (nSPS) is 12.2. The summed E-state index contributed by atoms with van der Waals surface area (Å²) in [6, 6.07) is 1.52. The molecule has 10 heteroatoms. The van der Waals surface area contributed by atoms with Crippen molar-refractivity contribution in [1.29, 1.82) is 0 Å². The van der Waals surface area contributed by atoms with Gasteiger partial charge in [0.25, 0.3) is 0 Å². The molecule has 1 rings (SSSR count). The maximum Gasteiger partial charge on any atom is 0.306 e. The minimum atomic E-state index is -4.28. The fraction of sp³-hybridized carbons (Fsp3) is 0.364. The lowest BCUT2D eigenvalue weighted by atomic mass is 10.1. The van der Waals surface area contributed by atoms with E-state index in [0.29, 0.717) is 6.07 Å². The monoisotopic (exact) mass is 319 g/mol. The SMILES string of the molecule is Cc1cc(S(=O)(=O)NC(C)(C)C(N)=O)cc([N+](=O)[O-])c1F. The number of halogens is 1. The molecule has 0 atom stereocenters. The van der Waals surface area contributed by atoms with Crippen LogP contribution in [0.4, 0.5) is 10.1 Å². The highest BCUT2D eigenvalue weighted by molar-refractivity contribution is 7.89. The van der Waals surface area contributed by atoms with Crippen LogP contribution in [0.25, 0.3) is 0 Å². The van der Waals surface area contributed by atoms with E-state index >= 15 is 0 Å². The van der Waals surface area contributed by atoms with Crippen molar-refractivity contribution >= 4 is 21.6 Å². The van der Waals surface area contributed by atoms with Crippen molar-refractivity contribution in [2.75, 3.05) is 0 Å². The number of rotatable bonds is 5. The number of nitro groups is 1. The van der Waals surface area contributed by atoms with Crippen LogP contribution >= 0.6 is 0 Å². The van der Waals surface area contributed by atoms with Crippen LogP contribution in [-0.2, 0) is 14.8 Å². The van der Waals surface area contributed by atoms with Crippen LogP contribution in [0.1, 0.15) is 19.4 Å². The van der Waals surface area contributed by atoms with Gasteiger partial charge in [0.05, 0.1) is 9.82 Å². The third-order valence-electron chi connectivity index (χ3n) is 2.72. The van der Waals surface area contributed by atoms with Gasteiger partial charge in [0, 0.05) is 6.07 Å². The molecule has 0 aliphatic carbocycles. The van der Waals surface area contributed by atoms with Gasteiger partial charge in [0.1, 0.15) is 5.54 Å². The summed E-state index contributed by atoms with van der Waals surface area (Å²) in [5.41, 5.74) is 2.28. The molecule has 0 aliphatic heterocycles. The lowest BCUT2D eigenvalue weighted by Gasteiger charge is -2.22. The molecule has 1 aromatic rings. The molecule has 0 saturated carbocycles. The highest BCUT2D eigenvalue weighted by Crippen LogP contribution is 2.25. The molecule has 3 N–H and O–H groups in total. The topological polar surface area (TPSA) is 132 Å². The number of benzene rings is 1. The Labute approximate surface area is 120 Å². The highest BCUT2D eigenvalue weighted by Gasteiger charge is 2.33. The third-order valence-corrected chi connectivity index (χ3v) is 4.36. The van der Waals surface area contributed by atoms with Crippen molar-refractivity contribution in [2.45, 2.75) is 31.2 Å². The average Bonchev–Trinajstić information content (AvgIpc) is 2.30. The predicted molar refractivity (Wildman–Crippen MR) is 71.4 cm³/mol. The Bertz CT molecular complexity index is 715. The van der Waals surface area contributed by atoms with E-state index < -0.39 is 42.8 Å². The van der Waals surface area contributed by atoms with E-state index in [0.717, 1.165) is 6.07 Å². The molecule has 0 heterocycles. The van der Waals surface area contributed by atoms with Crippen LogP contribution in [0.2, 0.25) is 0 Å². The van der Waals surface area contributed by atoms with Gasteiger partial charge in [-0.1, -0.05) is 0 Å². The second-order valence-electron chi connectivity index (χ2n) is 4.93. The van der Waals surface area contributed by atoms with Gasteiger partial charge in [0.2, 0.25) is 21.7 Å². The first kappa shape index (κ1) is 17.0. The Morgan fingerprint density at radius 2 is 1.95 bits per heavy atom. The Hall–Kier alpha value is -2.07. The zero-order valence-electron chi connectivity index (χ0n) is 11.5. The van der Waals surface area contributed by atoms with Gasteiger partial charge in [-0.2, -0.15) is 9.11 Å². The molecule has 0 aliphatic rings. The minimum absolute atomic E-state index is 0.207. The Balaban J connectivity index is 3.40. The van der Waals surface area contributed by atoms with E-state index in [-0.39, 0.29) is 5.56 Å². The minimum Gasteiger partial charge on any atom is -0.368 e. The number of nitrogens with one attached hydrogen (secondary N) is 1. The van der Waals surface area contributed by atoms with Gasteiger partial charge < -0.3 is 5.73 Å². The molecule has 0 bridgehead atoms. The van der Waals surface area contributed by atoms with Crippen molar-refractivity contribution in [2.24, 2.45) is 5.73 Å². The van der Waals surface area contributed by atoms with E-state index in [2.05, 4.69) is 0 Å². The number of primary amides is 1. The van der Waals surface area contributed by atoms with E-state index in [1.807, 2.05) is 4.72 Å². The summed E-state index contributed by atoms with van der Waals surface area (Å²) in [6.45, 7) is 3.66. The van der Waals surface area contributed by atoms with E-state index in [4.69, 9.17) is 5.73 Å². The van der Waals surface area contributed by atoms with E-state index in [9.17, 15) is 27.7 Å². The van der Waals surface area contributed by atoms with Crippen molar-refractivity contribution in [3.8, 4) is 0 Å². The Morgan fingerprint density at radius 3 is 2.38 bits per heavy atom. The number of hydrogen-bond donors (Lipinski definition) is 2. The summed E-state index contributed by atoms with van der Waals surface area (Å²) in [7, 11) is -4.28. The van der Waals surface area contributed by atoms with E-state index in [1.165, 1.54) is 20.8 Å². The first-order chi connectivity index (χ1) is 9.38. The largest absolute Gasteiger partial charge is 0.368 e. The maximum absolute atomic E-state index is 13.6. The van der Waals surface area contributed by atoms with Crippen molar-refractivity contribution < 1.29 is 22.5 Å². The molecule has 0 saturated heterocycles. The highest BCUT2D eigenvalue weighted by atomic mass is 32.2. The molecule has 0 aromatic heterocycles. The number of carbonyl (C=O) groups is 1. The summed E-state index contributed by atoms with van der Waals surface area (Å²) in [4.78, 5) is 20.3. The first-order valence-electron chi connectivity index (χ1n) is 5.67. The number of hydrogen-bond acceptors (Lipinski definition) is 5. The molecule has 8 nitrogen and oxygen atoms in total. The standard InChI is InChI=1S/C11H14FN3O5S/c1-6-4-7(5-8(9(6)12)15(17)18)21(19,20)14-11(2,3)10(13)16/h4-5,14H,1-3H3,(H2,13,16). The molecule has 1 amide bonds. The molecular formula is C11H14FN3O5S. The molecule has 0 fully saturated rings. The summed E-state index contributed by atoms with van der Waals surface area (Å²) in [5, 5.41) is 10.7. The average molecular weight is 319 g/mol. The summed E-state index contributed by atoms with van der Waals surface area (Å²) in [6.07, 6.45) is 0. The number of aryl methyl sites for hydroxylation is 1. The second-order valence-corrected chi connectivity index (χ2v) is 6.61. The number of sulfonamides is 1. The number of amides is 1. The van der Waals surface area contributed by atoms with Gasteiger partial charge in [0.15, 0.2) is 0 Å². The number of nitro benzene ring substituents is 1. The fourth-order valence-electron chi connectivity index (χ4n) is 1.45. The molecule has 116 valence electrons. The lowest BCUT2D eigenvalue weighted by molar-refractivity contribution is -0.387. The Kier molecular flexibility index (Phi) is 4.34. The second kappa shape index (κ2) is 5.37. The van der Waals surface area contributed by atoms with Gasteiger partial charge in [-0.3, -0.25) is 14.9 Å². The van der Waals surface area contributed by atoms with Gasteiger partial charge >= 0.3 is 5.69 Å². The maximum atomic E-state index is 13.6.